The van der Waals surface area contributed by atoms with Crippen LogP contribution in [0.1, 0.15) is 11.3 Å². The van der Waals surface area contributed by atoms with Crippen molar-refractivity contribution in [2.75, 3.05) is 6.54 Å². The van der Waals surface area contributed by atoms with Gasteiger partial charge >= 0.3 is 0 Å². The molecular formula is C11H14N4O2S. The molecule has 6 nitrogen and oxygen atoms in total. The van der Waals surface area contributed by atoms with Gasteiger partial charge in [-0.15, -0.1) is 0 Å². The second kappa shape index (κ2) is 5.28. The van der Waals surface area contributed by atoms with Gasteiger partial charge in [0.1, 0.15) is 4.90 Å². The molecule has 0 bridgehead atoms. The molecule has 0 spiro atoms. The quantitative estimate of drug-likeness (QED) is 0.831. The minimum Gasteiger partial charge on any atom is -0.281 e. The lowest BCUT2D eigenvalue weighted by Crippen LogP contribution is -2.26. The smallest absolute Gasteiger partial charge is 0.243 e. The highest BCUT2D eigenvalue weighted by Gasteiger charge is 2.17. The van der Waals surface area contributed by atoms with Crippen LogP contribution in [0.5, 0.6) is 0 Å². The highest BCUT2D eigenvalue weighted by Crippen LogP contribution is 2.10. The van der Waals surface area contributed by atoms with Crippen LogP contribution in [0, 0.1) is 6.92 Å². The molecule has 2 rings (SSSR count). The minimum atomic E-state index is -3.48. The number of hydrogen-bond acceptors (Lipinski definition) is 4. The van der Waals surface area contributed by atoms with Crippen LogP contribution in [-0.2, 0) is 16.4 Å². The molecule has 0 fully saturated rings. The van der Waals surface area contributed by atoms with Gasteiger partial charge in [0.15, 0.2) is 0 Å². The molecule has 7 heteroatoms. The fourth-order valence-electron chi connectivity index (χ4n) is 1.57. The molecule has 2 N–H and O–H groups in total. The van der Waals surface area contributed by atoms with E-state index in [9.17, 15) is 8.42 Å². The second-order valence-electron chi connectivity index (χ2n) is 3.86. The summed E-state index contributed by atoms with van der Waals surface area (Å²) in [6.07, 6.45) is 5.30. The number of aromatic nitrogens is 3. The van der Waals surface area contributed by atoms with E-state index < -0.39 is 10.0 Å². The van der Waals surface area contributed by atoms with Crippen molar-refractivity contribution in [2.45, 2.75) is 18.2 Å². The molecule has 18 heavy (non-hydrogen) atoms. The molecule has 0 aliphatic heterocycles. The Morgan fingerprint density at radius 3 is 2.67 bits per heavy atom. The summed E-state index contributed by atoms with van der Waals surface area (Å²) in [5.41, 5.74) is 1.57. The Morgan fingerprint density at radius 1 is 1.33 bits per heavy atom. The molecule has 0 atom stereocenters. The van der Waals surface area contributed by atoms with Crippen LogP contribution in [0.15, 0.2) is 35.6 Å². The Bertz CT molecular complexity index is 607. The van der Waals surface area contributed by atoms with Crippen molar-refractivity contribution in [2.24, 2.45) is 0 Å². The van der Waals surface area contributed by atoms with Crippen molar-refractivity contribution in [1.29, 1.82) is 0 Å². The van der Waals surface area contributed by atoms with E-state index in [1.54, 1.807) is 19.3 Å². The molecule has 0 aromatic carbocycles. The molecule has 0 aliphatic carbocycles. The van der Waals surface area contributed by atoms with E-state index in [0.29, 0.717) is 18.7 Å². The van der Waals surface area contributed by atoms with Gasteiger partial charge in [-0.25, -0.2) is 13.1 Å². The van der Waals surface area contributed by atoms with E-state index in [4.69, 9.17) is 0 Å². The summed E-state index contributed by atoms with van der Waals surface area (Å²) in [6, 6.07) is 3.72. The average Bonchev–Trinajstić information content (AvgIpc) is 2.77. The Morgan fingerprint density at radius 2 is 2.06 bits per heavy atom. The SMILES string of the molecule is Cc1[nH]ncc1S(=O)(=O)NCCc1ccncc1. The number of H-pyrrole nitrogens is 1. The van der Waals surface area contributed by atoms with E-state index >= 15 is 0 Å². The highest BCUT2D eigenvalue weighted by molar-refractivity contribution is 7.89. The molecule has 2 aromatic rings. The summed E-state index contributed by atoms with van der Waals surface area (Å²) in [7, 11) is -3.48. The number of aryl methyl sites for hydroxylation is 1. The molecule has 0 amide bonds. The summed E-state index contributed by atoms with van der Waals surface area (Å²) >= 11 is 0. The van der Waals surface area contributed by atoms with Gasteiger partial charge in [0.2, 0.25) is 10.0 Å². The van der Waals surface area contributed by atoms with Crippen LogP contribution in [0.3, 0.4) is 0 Å². The van der Waals surface area contributed by atoms with E-state index in [-0.39, 0.29) is 4.90 Å². The normalized spacial score (nSPS) is 11.6. The Labute approximate surface area is 106 Å². The summed E-state index contributed by atoms with van der Waals surface area (Å²) < 4.78 is 26.4. The number of nitrogens with one attached hydrogen (secondary N) is 2. The zero-order chi connectivity index (χ0) is 13.0. The van der Waals surface area contributed by atoms with Crippen LogP contribution in [-0.4, -0.2) is 30.1 Å². The van der Waals surface area contributed by atoms with Gasteiger partial charge in [-0.1, -0.05) is 0 Å². The molecule has 0 unspecified atom stereocenters. The number of rotatable bonds is 5. The van der Waals surface area contributed by atoms with E-state index in [2.05, 4.69) is 19.9 Å². The van der Waals surface area contributed by atoms with Crippen LogP contribution >= 0.6 is 0 Å². The predicted octanol–water partition coefficient (Wildman–Crippen LogP) is 0.634. The zero-order valence-electron chi connectivity index (χ0n) is 9.92. The first kappa shape index (κ1) is 12.7. The fraction of sp³-hybridized carbons (Fsp3) is 0.273. The molecule has 0 radical (unpaired) electrons. The summed E-state index contributed by atoms with van der Waals surface area (Å²) in [6.45, 7) is 2.02. The number of aromatic amines is 1. The lowest BCUT2D eigenvalue weighted by molar-refractivity contribution is 0.581. The third-order valence-corrected chi connectivity index (χ3v) is 4.10. The first-order valence-electron chi connectivity index (χ1n) is 5.48. The molecule has 96 valence electrons. The minimum absolute atomic E-state index is 0.192. The second-order valence-corrected chi connectivity index (χ2v) is 5.60. The highest BCUT2D eigenvalue weighted by atomic mass is 32.2. The third kappa shape index (κ3) is 2.93. The van der Waals surface area contributed by atoms with Gasteiger partial charge < -0.3 is 0 Å². The number of sulfonamides is 1. The van der Waals surface area contributed by atoms with E-state index in [0.717, 1.165) is 5.56 Å². The standard InChI is InChI=1S/C11H14N4O2S/c1-9-11(8-13-15-9)18(16,17)14-7-4-10-2-5-12-6-3-10/h2-3,5-6,8,14H,4,7H2,1H3,(H,13,15). The Kier molecular flexibility index (Phi) is 3.73. The zero-order valence-corrected chi connectivity index (χ0v) is 10.7. The maximum absolute atomic E-state index is 11.9. The Balaban J connectivity index is 1.97. The lowest BCUT2D eigenvalue weighted by Gasteiger charge is -2.05. The summed E-state index contributed by atoms with van der Waals surface area (Å²) in [5, 5.41) is 6.31. The number of hydrogen-bond donors (Lipinski definition) is 2. The monoisotopic (exact) mass is 266 g/mol. The summed E-state index contributed by atoms with van der Waals surface area (Å²) in [5.74, 6) is 0. The van der Waals surface area contributed by atoms with Gasteiger partial charge in [0.25, 0.3) is 0 Å². The van der Waals surface area contributed by atoms with Crippen molar-refractivity contribution < 1.29 is 8.42 Å². The van der Waals surface area contributed by atoms with Gasteiger partial charge in [-0.3, -0.25) is 10.1 Å². The molecule has 0 aliphatic rings. The van der Waals surface area contributed by atoms with Crippen LogP contribution in [0.4, 0.5) is 0 Å². The number of nitrogens with zero attached hydrogens (tertiary/aromatic N) is 2. The largest absolute Gasteiger partial charge is 0.281 e. The molecule has 2 heterocycles. The maximum atomic E-state index is 11.9. The Hall–Kier alpha value is -1.73. The van der Waals surface area contributed by atoms with Crippen molar-refractivity contribution in [3.8, 4) is 0 Å². The molecular weight excluding hydrogens is 252 g/mol. The average molecular weight is 266 g/mol. The predicted molar refractivity (Wildman–Crippen MR) is 66.5 cm³/mol. The van der Waals surface area contributed by atoms with Crippen LogP contribution in [0.2, 0.25) is 0 Å². The third-order valence-electron chi connectivity index (χ3n) is 2.53. The van der Waals surface area contributed by atoms with Gasteiger partial charge in [0, 0.05) is 18.9 Å². The van der Waals surface area contributed by atoms with E-state index in [1.807, 2.05) is 12.1 Å². The van der Waals surface area contributed by atoms with Crippen molar-refractivity contribution >= 4 is 10.0 Å². The lowest BCUT2D eigenvalue weighted by atomic mass is 10.2. The van der Waals surface area contributed by atoms with Crippen molar-refractivity contribution in [3.05, 3.63) is 42.0 Å². The molecule has 0 saturated heterocycles. The first-order valence-corrected chi connectivity index (χ1v) is 6.96. The number of pyridine rings is 1. The van der Waals surface area contributed by atoms with Crippen molar-refractivity contribution in [1.82, 2.24) is 19.9 Å². The van der Waals surface area contributed by atoms with Crippen LogP contribution < -0.4 is 4.72 Å². The van der Waals surface area contributed by atoms with Gasteiger partial charge in [-0.05, 0) is 31.0 Å². The fourth-order valence-corrected chi connectivity index (χ4v) is 2.73. The first-order chi connectivity index (χ1) is 8.59. The molecule has 2 aromatic heterocycles. The van der Waals surface area contributed by atoms with E-state index in [1.165, 1.54) is 6.20 Å². The van der Waals surface area contributed by atoms with Crippen LogP contribution in [0.25, 0.3) is 0 Å². The van der Waals surface area contributed by atoms with Gasteiger partial charge in [0.05, 0.1) is 11.9 Å². The van der Waals surface area contributed by atoms with Gasteiger partial charge in [-0.2, -0.15) is 5.10 Å². The topological polar surface area (TPSA) is 87.7 Å². The maximum Gasteiger partial charge on any atom is 0.243 e. The summed E-state index contributed by atoms with van der Waals surface area (Å²) in [4.78, 5) is 4.10. The van der Waals surface area contributed by atoms with Crippen molar-refractivity contribution in [3.63, 3.8) is 0 Å². The molecule has 0 saturated carbocycles.